The van der Waals surface area contributed by atoms with E-state index < -0.39 is 0 Å². The number of hydrogen-bond acceptors (Lipinski definition) is 5. The first-order valence-corrected chi connectivity index (χ1v) is 8.59. The van der Waals surface area contributed by atoms with E-state index in [-0.39, 0.29) is 36.8 Å². The number of likely N-dealkylation sites (tertiary alicyclic amines) is 1. The van der Waals surface area contributed by atoms with Crippen LogP contribution in [0.1, 0.15) is 29.2 Å². The van der Waals surface area contributed by atoms with Gasteiger partial charge in [0.25, 0.3) is 5.91 Å². The maximum atomic E-state index is 12.5. The summed E-state index contributed by atoms with van der Waals surface area (Å²) in [7, 11) is 1.58. The zero-order valence-electron chi connectivity index (χ0n) is 15.1. The Morgan fingerprint density at radius 1 is 1.22 bits per heavy atom. The van der Waals surface area contributed by atoms with E-state index in [0.29, 0.717) is 30.2 Å². The lowest BCUT2D eigenvalue weighted by Crippen LogP contribution is -2.42. The number of aromatic nitrogens is 2. The van der Waals surface area contributed by atoms with Crippen molar-refractivity contribution < 1.29 is 14.3 Å². The molecule has 27 heavy (non-hydrogen) atoms. The Hall–Kier alpha value is -2.58. The van der Waals surface area contributed by atoms with Crippen molar-refractivity contribution in [3.05, 3.63) is 42.1 Å². The van der Waals surface area contributed by atoms with Crippen LogP contribution in [-0.4, -0.2) is 53.2 Å². The van der Waals surface area contributed by atoms with Crippen molar-refractivity contribution in [3.63, 3.8) is 0 Å². The Kier molecular flexibility index (Phi) is 7.20. The number of piperidine rings is 1. The van der Waals surface area contributed by atoms with Gasteiger partial charge in [-0.05, 0) is 37.1 Å². The lowest BCUT2D eigenvalue weighted by Gasteiger charge is -2.32. The van der Waals surface area contributed by atoms with Crippen LogP contribution in [0.2, 0.25) is 0 Å². The van der Waals surface area contributed by atoms with Crippen LogP contribution in [0.4, 0.5) is 5.82 Å². The number of nitrogens with two attached hydrogens (primary N) is 1. The summed E-state index contributed by atoms with van der Waals surface area (Å²) < 4.78 is 6.93. The third-order valence-corrected chi connectivity index (χ3v) is 4.60. The highest BCUT2D eigenvalue weighted by molar-refractivity contribution is 6.03. The molecule has 146 valence electrons. The number of rotatable bonds is 5. The van der Waals surface area contributed by atoms with E-state index in [0.717, 1.165) is 12.8 Å². The Labute approximate surface area is 164 Å². The second kappa shape index (κ2) is 9.38. The molecule has 1 aliphatic heterocycles. The Bertz CT molecular complexity index is 770. The number of anilines is 1. The number of amides is 2. The molecule has 2 aromatic rings. The zero-order chi connectivity index (χ0) is 18.5. The Balaban J connectivity index is 0.00000261. The molecule has 0 aliphatic carbocycles. The van der Waals surface area contributed by atoms with Crippen LogP contribution in [-0.2, 0) is 4.79 Å². The van der Waals surface area contributed by atoms with Gasteiger partial charge in [-0.25, -0.2) is 4.68 Å². The van der Waals surface area contributed by atoms with E-state index in [2.05, 4.69) is 10.4 Å². The molecule has 1 aromatic carbocycles. The van der Waals surface area contributed by atoms with Crippen LogP contribution in [0.15, 0.2) is 36.5 Å². The number of benzene rings is 1. The van der Waals surface area contributed by atoms with Gasteiger partial charge < -0.3 is 20.7 Å². The number of carbonyl (C=O) groups excluding carboxylic acids is 2. The molecule has 2 amide bonds. The smallest absolute Gasteiger partial charge is 0.256 e. The fourth-order valence-electron chi connectivity index (χ4n) is 3.12. The minimum Gasteiger partial charge on any atom is -0.497 e. The number of carbonyl (C=O) groups is 2. The molecule has 0 radical (unpaired) electrons. The Morgan fingerprint density at radius 3 is 2.48 bits per heavy atom. The van der Waals surface area contributed by atoms with Gasteiger partial charge in [0.15, 0.2) is 0 Å². The summed E-state index contributed by atoms with van der Waals surface area (Å²) in [6, 6.07) is 8.83. The number of hydrogen-bond donors (Lipinski definition) is 2. The van der Waals surface area contributed by atoms with E-state index in [1.807, 2.05) is 4.68 Å². The van der Waals surface area contributed by atoms with Crippen molar-refractivity contribution in [1.29, 1.82) is 0 Å². The molecule has 9 heteroatoms. The molecule has 1 aliphatic rings. The summed E-state index contributed by atoms with van der Waals surface area (Å²) >= 11 is 0. The molecule has 0 atom stereocenters. The van der Waals surface area contributed by atoms with Crippen LogP contribution in [0.5, 0.6) is 5.75 Å². The van der Waals surface area contributed by atoms with Crippen molar-refractivity contribution in [2.75, 3.05) is 32.1 Å². The maximum absolute atomic E-state index is 12.5. The Morgan fingerprint density at radius 2 is 1.89 bits per heavy atom. The summed E-state index contributed by atoms with van der Waals surface area (Å²) in [5, 5.41) is 7.26. The summed E-state index contributed by atoms with van der Waals surface area (Å²) in [6.45, 7) is 1.33. The SMILES string of the molecule is COc1ccc(C(=O)Nc2ccnn2C2CCN(C(=O)CN)CC2)cc1.Cl. The van der Waals surface area contributed by atoms with Gasteiger partial charge in [0.05, 0.1) is 25.9 Å². The van der Waals surface area contributed by atoms with Crippen LogP contribution < -0.4 is 15.8 Å². The van der Waals surface area contributed by atoms with Gasteiger partial charge in [0.1, 0.15) is 11.6 Å². The van der Waals surface area contributed by atoms with E-state index in [1.54, 1.807) is 48.5 Å². The van der Waals surface area contributed by atoms with E-state index >= 15 is 0 Å². The highest BCUT2D eigenvalue weighted by Gasteiger charge is 2.25. The minimum absolute atomic E-state index is 0. The third-order valence-electron chi connectivity index (χ3n) is 4.60. The van der Waals surface area contributed by atoms with Crippen molar-refractivity contribution >= 4 is 30.0 Å². The quantitative estimate of drug-likeness (QED) is 0.804. The second-order valence-corrected chi connectivity index (χ2v) is 6.16. The molecule has 1 saturated heterocycles. The van der Waals surface area contributed by atoms with Gasteiger partial charge in [0.2, 0.25) is 5.91 Å². The zero-order valence-corrected chi connectivity index (χ0v) is 15.9. The van der Waals surface area contributed by atoms with Gasteiger partial charge in [-0.3, -0.25) is 9.59 Å². The molecule has 0 spiro atoms. The van der Waals surface area contributed by atoms with Crippen molar-refractivity contribution in [1.82, 2.24) is 14.7 Å². The monoisotopic (exact) mass is 393 g/mol. The average Bonchev–Trinajstić information content (AvgIpc) is 3.15. The first kappa shape index (κ1) is 20.7. The number of nitrogens with one attached hydrogen (secondary N) is 1. The molecular weight excluding hydrogens is 370 g/mol. The lowest BCUT2D eigenvalue weighted by molar-refractivity contribution is -0.130. The highest BCUT2D eigenvalue weighted by Crippen LogP contribution is 2.25. The van der Waals surface area contributed by atoms with E-state index in [4.69, 9.17) is 10.5 Å². The summed E-state index contributed by atoms with van der Waals surface area (Å²) in [5.41, 5.74) is 5.96. The van der Waals surface area contributed by atoms with Crippen molar-refractivity contribution in [2.24, 2.45) is 5.73 Å². The average molecular weight is 394 g/mol. The summed E-state index contributed by atoms with van der Waals surface area (Å²) in [4.78, 5) is 25.9. The molecule has 1 fully saturated rings. The minimum atomic E-state index is -0.204. The van der Waals surface area contributed by atoms with Crippen LogP contribution >= 0.6 is 12.4 Å². The highest BCUT2D eigenvalue weighted by atomic mass is 35.5. The summed E-state index contributed by atoms with van der Waals surface area (Å²) in [5.74, 6) is 1.11. The predicted octanol–water partition coefficient (Wildman–Crippen LogP) is 1.69. The van der Waals surface area contributed by atoms with E-state index in [1.165, 1.54) is 0 Å². The first-order valence-electron chi connectivity index (χ1n) is 8.59. The van der Waals surface area contributed by atoms with Gasteiger partial charge in [-0.1, -0.05) is 0 Å². The number of nitrogens with zero attached hydrogens (tertiary/aromatic N) is 3. The number of ether oxygens (including phenoxy) is 1. The number of methoxy groups -OCH3 is 1. The fraction of sp³-hybridized carbons (Fsp3) is 0.389. The molecule has 3 rings (SSSR count). The largest absolute Gasteiger partial charge is 0.497 e. The molecule has 0 bridgehead atoms. The van der Waals surface area contributed by atoms with Gasteiger partial charge in [-0.15, -0.1) is 12.4 Å². The van der Waals surface area contributed by atoms with Crippen LogP contribution in [0.25, 0.3) is 0 Å². The number of halogens is 1. The predicted molar refractivity (Wildman–Crippen MR) is 104 cm³/mol. The lowest BCUT2D eigenvalue weighted by atomic mass is 10.1. The topological polar surface area (TPSA) is 102 Å². The third kappa shape index (κ3) is 4.78. The van der Waals surface area contributed by atoms with Crippen molar-refractivity contribution in [2.45, 2.75) is 18.9 Å². The fourth-order valence-corrected chi connectivity index (χ4v) is 3.12. The van der Waals surface area contributed by atoms with Gasteiger partial charge >= 0.3 is 0 Å². The van der Waals surface area contributed by atoms with Gasteiger partial charge in [0, 0.05) is 24.7 Å². The standard InChI is InChI=1S/C18H23N5O3.ClH/c1-26-15-4-2-13(3-5-15)18(25)21-16-6-9-20-23(16)14-7-10-22(11-8-14)17(24)12-19;/h2-6,9,14H,7-8,10-12,19H2,1H3,(H,21,25);1H. The molecule has 0 unspecified atom stereocenters. The van der Waals surface area contributed by atoms with Crippen LogP contribution in [0.3, 0.4) is 0 Å². The normalized spacial score (nSPS) is 14.4. The van der Waals surface area contributed by atoms with Gasteiger partial charge in [-0.2, -0.15) is 5.10 Å². The van der Waals surface area contributed by atoms with Crippen LogP contribution in [0, 0.1) is 0 Å². The molecular formula is C18H24ClN5O3. The maximum Gasteiger partial charge on any atom is 0.256 e. The van der Waals surface area contributed by atoms with Crippen molar-refractivity contribution in [3.8, 4) is 5.75 Å². The molecule has 8 nitrogen and oxygen atoms in total. The summed E-state index contributed by atoms with van der Waals surface area (Å²) in [6.07, 6.45) is 3.22. The first-order chi connectivity index (χ1) is 12.6. The molecule has 2 heterocycles. The molecule has 3 N–H and O–H groups in total. The second-order valence-electron chi connectivity index (χ2n) is 6.16. The van der Waals surface area contributed by atoms with E-state index in [9.17, 15) is 9.59 Å². The molecule has 1 aromatic heterocycles. The molecule has 0 saturated carbocycles.